The molecule has 3 N–H and O–H groups in total. The van der Waals surface area contributed by atoms with Gasteiger partial charge in [0.15, 0.2) is 0 Å². The summed E-state index contributed by atoms with van der Waals surface area (Å²) in [6.07, 6.45) is 0. The van der Waals surface area contributed by atoms with Crippen molar-refractivity contribution in [3.05, 3.63) is 28.8 Å². The summed E-state index contributed by atoms with van der Waals surface area (Å²) in [4.78, 5) is 0.0656. The number of halogens is 1. The molecule has 21 heavy (non-hydrogen) atoms. The Morgan fingerprint density at radius 1 is 1.48 bits per heavy atom. The molecular formula is C14H19ClN2O2S2. The highest BCUT2D eigenvalue weighted by Gasteiger charge is 2.20. The number of hydrogen-bond donors (Lipinski definition) is 2. The van der Waals surface area contributed by atoms with E-state index in [1.807, 2.05) is 13.8 Å². The predicted molar refractivity (Wildman–Crippen MR) is 90.2 cm³/mol. The molecule has 0 amide bonds. The third-order valence-electron chi connectivity index (χ3n) is 2.48. The smallest absolute Gasteiger partial charge is 0.242 e. The Morgan fingerprint density at radius 2 is 2.19 bits per heavy atom. The lowest BCUT2D eigenvalue weighted by Crippen LogP contribution is -2.34. The molecule has 1 rings (SSSR count). The van der Waals surface area contributed by atoms with E-state index in [2.05, 4.69) is 16.6 Å². The third-order valence-corrected chi connectivity index (χ3v) is 5.70. The summed E-state index contributed by atoms with van der Waals surface area (Å²) in [7, 11) is -3.63. The molecule has 0 saturated carbocycles. The minimum Gasteiger partial charge on any atom is -0.320 e. The van der Waals surface area contributed by atoms with Gasteiger partial charge in [0.25, 0.3) is 0 Å². The number of thioether (sulfide) groups is 1. The maximum absolute atomic E-state index is 12.3. The van der Waals surface area contributed by atoms with Crippen LogP contribution in [-0.2, 0) is 10.0 Å². The standard InChI is InChI=1S/C14H19ClN2O2S2/c1-3-20-10-11(2)17-21(18,19)14-7-6-12(5-4-8-16)9-13(14)15/h6-7,9,11,17H,3,8,10,16H2,1-2H3. The van der Waals surface area contributed by atoms with E-state index in [4.69, 9.17) is 17.3 Å². The number of nitrogens with one attached hydrogen (secondary N) is 1. The fraction of sp³-hybridized carbons (Fsp3) is 0.429. The van der Waals surface area contributed by atoms with Gasteiger partial charge in [-0.1, -0.05) is 30.4 Å². The molecule has 0 aliphatic carbocycles. The Morgan fingerprint density at radius 3 is 2.76 bits per heavy atom. The van der Waals surface area contributed by atoms with Crippen molar-refractivity contribution in [2.75, 3.05) is 18.1 Å². The highest BCUT2D eigenvalue weighted by atomic mass is 35.5. The Bertz CT molecular complexity index is 636. The summed E-state index contributed by atoms with van der Waals surface area (Å²) in [5, 5.41) is 0.154. The average molecular weight is 347 g/mol. The number of sulfonamides is 1. The van der Waals surface area contributed by atoms with Gasteiger partial charge in [-0.25, -0.2) is 13.1 Å². The zero-order valence-electron chi connectivity index (χ0n) is 12.0. The Hall–Kier alpha value is -0.710. The van der Waals surface area contributed by atoms with Crippen molar-refractivity contribution in [1.82, 2.24) is 4.72 Å². The van der Waals surface area contributed by atoms with Crippen molar-refractivity contribution >= 4 is 33.4 Å². The third kappa shape index (κ3) is 5.89. The maximum atomic E-state index is 12.3. The second-order valence-corrected chi connectivity index (χ2v) is 7.74. The lowest BCUT2D eigenvalue weighted by molar-refractivity contribution is 0.571. The first-order valence-corrected chi connectivity index (χ1v) is 9.50. The van der Waals surface area contributed by atoms with Crippen LogP contribution < -0.4 is 10.5 Å². The first kappa shape index (κ1) is 18.3. The number of hydrogen-bond acceptors (Lipinski definition) is 4. The molecule has 4 nitrogen and oxygen atoms in total. The van der Waals surface area contributed by atoms with Crippen molar-refractivity contribution in [3.63, 3.8) is 0 Å². The molecule has 1 aromatic carbocycles. The van der Waals surface area contributed by atoms with Crippen molar-refractivity contribution in [2.24, 2.45) is 5.73 Å². The zero-order chi connectivity index (χ0) is 15.9. The summed E-state index contributed by atoms with van der Waals surface area (Å²) in [6, 6.07) is 4.46. The van der Waals surface area contributed by atoms with E-state index in [-0.39, 0.29) is 22.5 Å². The minimum absolute atomic E-state index is 0.0656. The number of benzene rings is 1. The molecule has 0 aromatic heterocycles. The molecule has 1 atom stereocenters. The highest BCUT2D eigenvalue weighted by molar-refractivity contribution is 7.99. The van der Waals surface area contributed by atoms with Crippen LogP contribution in [0.4, 0.5) is 0 Å². The SMILES string of the molecule is CCSCC(C)NS(=O)(=O)c1ccc(C#CCN)cc1Cl. The molecular weight excluding hydrogens is 328 g/mol. The minimum atomic E-state index is -3.63. The van der Waals surface area contributed by atoms with E-state index in [0.29, 0.717) is 11.3 Å². The molecule has 116 valence electrons. The lowest BCUT2D eigenvalue weighted by atomic mass is 10.2. The van der Waals surface area contributed by atoms with Gasteiger partial charge < -0.3 is 5.73 Å². The van der Waals surface area contributed by atoms with Gasteiger partial charge in [0.05, 0.1) is 11.6 Å². The van der Waals surface area contributed by atoms with Crippen LogP contribution in [0.25, 0.3) is 0 Å². The summed E-state index contributed by atoms with van der Waals surface area (Å²) in [6.45, 7) is 4.10. The molecule has 7 heteroatoms. The van der Waals surface area contributed by atoms with Crippen molar-refractivity contribution in [3.8, 4) is 11.8 Å². The van der Waals surface area contributed by atoms with E-state index < -0.39 is 10.0 Å². The van der Waals surface area contributed by atoms with Crippen LogP contribution in [0.2, 0.25) is 5.02 Å². The van der Waals surface area contributed by atoms with Crippen LogP contribution in [-0.4, -0.2) is 32.5 Å². The predicted octanol–water partition coefficient (Wildman–Crippen LogP) is 2.07. The van der Waals surface area contributed by atoms with E-state index in [1.54, 1.807) is 17.8 Å². The van der Waals surface area contributed by atoms with E-state index >= 15 is 0 Å². The van der Waals surface area contributed by atoms with E-state index in [0.717, 1.165) is 5.75 Å². The molecule has 0 heterocycles. The summed E-state index contributed by atoms with van der Waals surface area (Å²) in [5.41, 5.74) is 5.93. The lowest BCUT2D eigenvalue weighted by Gasteiger charge is -2.14. The van der Waals surface area contributed by atoms with Crippen molar-refractivity contribution < 1.29 is 8.42 Å². The van der Waals surface area contributed by atoms with E-state index in [1.165, 1.54) is 12.1 Å². The van der Waals surface area contributed by atoms with Gasteiger partial charge in [-0.15, -0.1) is 0 Å². The average Bonchev–Trinajstić information content (AvgIpc) is 2.42. The molecule has 0 radical (unpaired) electrons. The first-order valence-electron chi connectivity index (χ1n) is 6.49. The van der Waals surface area contributed by atoms with Gasteiger partial charge in [0.1, 0.15) is 4.90 Å². The van der Waals surface area contributed by atoms with Gasteiger partial charge >= 0.3 is 0 Å². The van der Waals surface area contributed by atoms with Gasteiger partial charge in [-0.2, -0.15) is 11.8 Å². The van der Waals surface area contributed by atoms with Crippen LogP contribution >= 0.6 is 23.4 Å². The fourth-order valence-corrected chi connectivity index (χ4v) is 4.17. The second-order valence-electron chi connectivity index (χ2n) is 4.33. The van der Waals surface area contributed by atoms with Crippen molar-refractivity contribution in [2.45, 2.75) is 24.8 Å². The van der Waals surface area contributed by atoms with Crippen LogP contribution in [0.15, 0.2) is 23.1 Å². The molecule has 0 aliphatic heterocycles. The zero-order valence-corrected chi connectivity index (χ0v) is 14.4. The van der Waals surface area contributed by atoms with Crippen molar-refractivity contribution in [1.29, 1.82) is 0 Å². The largest absolute Gasteiger partial charge is 0.320 e. The molecule has 1 unspecified atom stereocenters. The first-order chi connectivity index (χ1) is 9.90. The van der Waals surface area contributed by atoms with Gasteiger partial charge in [0.2, 0.25) is 10.0 Å². The molecule has 0 bridgehead atoms. The highest BCUT2D eigenvalue weighted by Crippen LogP contribution is 2.22. The molecule has 0 saturated heterocycles. The van der Waals surface area contributed by atoms with Crippen LogP contribution in [0.5, 0.6) is 0 Å². The fourth-order valence-electron chi connectivity index (χ4n) is 1.61. The summed E-state index contributed by atoms with van der Waals surface area (Å²) in [5.74, 6) is 7.17. The topological polar surface area (TPSA) is 72.2 Å². The summed E-state index contributed by atoms with van der Waals surface area (Å²) >= 11 is 7.74. The summed E-state index contributed by atoms with van der Waals surface area (Å²) < 4.78 is 27.2. The molecule has 0 aliphatic rings. The molecule has 0 fully saturated rings. The molecule has 1 aromatic rings. The molecule has 0 spiro atoms. The van der Waals surface area contributed by atoms with Crippen LogP contribution in [0.3, 0.4) is 0 Å². The number of nitrogens with two attached hydrogens (primary N) is 1. The Kier molecular flexibility index (Phi) is 7.57. The number of rotatable bonds is 6. The maximum Gasteiger partial charge on any atom is 0.242 e. The van der Waals surface area contributed by atoms with Gasteiger partial charge in [-0.3, -0.25) is 0 Å². The second kappa shape index (κ2) is 8.66. The Labute approximate surface area is 135 Å². The monoisotopic (exact) mass is 346 g/mol. The van der Waals surface area contributed by atoms with Crippen LogP contribution in [0, 0.1) is 11.8 Å². The Balaban J connectivity index is 2.93. The van der Waals surface area contributed by atoms with Gasteiger partial charge in [0, 0.05) is 17.4 Å². The van der Waals surface area contributed by atoms with Gasteiger partial charge in [-0.05, 0) is 30.9 Å². The normalized spacial score (nSPS) is 12.6. The quantitative estimate of drug-likeness (QED) is 0.773. The van der Waals surface area contributed by atoms with Crippen LogP contribution in [0.1, 0.15) is 19.4 Å². The van der Waals surface area contributed by atoms with E-state index in [9.17, 15) is 8.42 Å².